The minimum absolute atomic E-state index is 0.157. The molecular weight excluding hydrogens is 398 g/mol. The number of urea groups is 1. The molecule has 31 heavy (non-hydrogen) atoms. The lowest BCUT2D eigenvalue weighted by atomic mass is 10.2. The first-order chi connectivity index (χ1) is 14.9. The van der Waals surface area contributed by atoms with Crippen molar-refractivity contribution >= 4 is 23.6 Å². The summed E-state index contributed by atoms with van der Waals surface area (Å²) in [4.78, 5) is 44.7. The van der Waals surface area contributed by atoms with Crippen LogP contribution in [0, 0.1) is 0 Å². The summed E-state index contributed by atoms with van der Waals surface area (Å²) in [6, 6.07) is 12.1. The fourth-order valence-electron chi connectivity index (χ4n) is 3.12. The van der Waals surface area contributed by atoms with E-state index in [1.165, 1.54) is 22.0 Å². The fraction of sp³-hybridized carbons (Fsp3) is 0.364. The molecule has 1 aromatic heterocycles. The van der Waals surface area contributed by atoms with Crippen LogP contribution in [0.25, 0.3) is 0 Å². The molecule has 9 nitrogen and oxygen atoms in total. The van der Waals surface area contributed by atoms with E-state index in [1.807, 2.05) is 44.2 Å². The molecule has 0 saturated heterocycles. The van der Waals surface area contributed by atoms with E-state index in [0.717, 1.165) is 5.56 Å². The second kappa shape index (κ2) is 11.7. The van der Waals surface area contributed by atoms with Crippen LogP contribution in [0.3, 0.4) is 0 Å². The molecule has 0 aliphatic heterocycles. The van der Waals surface area contributed by atoms with E-state index in [1.54, 1.807) is 29.4 Å². The molecule has 0 aliphatic rings. The SMILES string of the molecule is CCN(CC)C(=O)CN(C(=O)N(Cc1ccccc1)N(C)CC(=O)O)c1ccncc1. The number of hydrogen-bond acceptors (Lipinski definition) is 5. The Morgan fingerprint density at radius 2 is 1.55 bits per heavy atom. The van der Waals surface area contributed by atoms with Crippen LogP contribution in [0.5, 0.6) is 0 Å². The molecule has 3 amide bonds. The number of likely N-dealkylation sites (N-methyl/N-ethyl adjacent to an activating group) is 2. The van der Waals surface area contributed by atoms with Gasteiger partial charge in [0, 0.05) is 38.2 Å². The third kappa shape index (κ3) is 6.78. The number of aromatic nitrogens is 1. The minimum atomic E-state index is -1.07. The molecule has 1 heterocycles. The number of benzene rings is 1. The highest BCUT2D eigenvalue weighted by Crippen LogP contribution is 2.18. The molecule has 1 aromatic carbocycles. The Hall–Kier alpha value is -3.46. The van der Waals surface area contributed by atoms with Crippen molar-refractivity contribution in [3.8, 4) is 0 Å². The van der Waals surface area contributed by atoms with Crippen molar-refractivity contribution in [1.82, 2.24) is 19.9 Å². The van der Waals surface area contributed by atoms with Gasteiger partial charge in [0.1, 0.15) is 13.1 Å². The lowest BCUT2D eigenvalue weighted by Gasteiger charge is -2.36. The average molecular weight is 428 g/mol. The second-order valence-electron chi connectivity index (χ2n) is 6.89. The van der Waals surface area contributed by atoms with Crippen LogP contribution in [0.15, 0.2) is 54.9 Å². The quantitative estimate of drug-likeness (QED) is 0.585. The second-order valence-corrected chi connectivity index (χ2v) is 6.89. The molecule has 0 spiro atoms. The zero-order chi connectivity index (χ0) is 22.8. The maximum Gasteiger partial charge on any atom is 0.339 e. The number of carboxylic acid groups (broad SMARTS) is 1. The monoisotopic (exact) mass is 427 g/mol. The molecule has 166 valence electrons. The molecule has 1 N–H and O–H groups in total. The van der Waals surface area contributed by atoms with Gasteiger partial charge in [0.2, 0.25) is 5.91 Å². The maximum atomic E-state index is 13.6. The molecule has 9 heteroatoms. The Morgan fingerprint density at radius 1 is 0.935 bits per heavy atom. The summed E-state index contributed by atoms with van der Waals surface area (Å²) >= 11 is 0. The fourth-order valence-corrected chi connectivity index (χ4v) is 3.12. The summed E-state index contributed by atoms with van der Waals surface area (Å²) in [5.74, 6) is -1.27. The maximum absolute atomic E-state index is 13.6. The number of amides is 3. The van der Waals surface area contributed by atoms with Gasteiger partial charge in [-0.1, -0.05) is 30.3 Å². The van der Waals surface area contributed by atoms with E-state index >= 15 is 0 Å². The number of carbonyl (C=O) groups is 3. The van der Waals surface area contributed by atoms with E-state index in [4.69, 9.17) is 0 Å². The predicted octanol–water partition coefficient (Wildman–Crippen LogP) is 2.31. The highest BCUT2D eigenvalue weighted by atomic mass is 16.4. The van der Waals surface area contributed by atoms with E-state index in [-0.39, 0.29) is 25.5 Å². The first-order valence-corrected chi connectivity index (χ1v) is 10.1. The summed E-state index contributed by atoms with van der Waals surface area (Å²) in [6.45, 7) is 4.43. The third-order valence-electron chi connectivity index (χ3n) is 4.79. The Kier molecular flexibility index (Phi) is 8.95. The van der Waals surface area contributed by atoms with Gasteiger partial charge in [0.05, 0.1) is 6.54 Å². The van der Waals surface area contributed by atoms with Crippen molar-refractivity contribution in [2.75, 3.05) is 38.1 Å². The van der Waals surface area contributed by atoms with Crippen molar-refractivity contribution in [1.29, 1.82) is 0 Å². The van der Waals surface area contributed by atoms with E-state index in [9.17, 15) is 19.5 Å². The minimum Gasteiger partial charge on any atom is -0.480 e. The van der Waals surface area contributed by atoms with Crippen LogP contribution in [0.4, 0.5) is 10.5 Å². The number of carboxylic acids is 1. The number of rotatable bonds is 10. The zero-order valence-corrected chi connectivity index (χ0v) is 18.1. The molecular formula is C22H29N5O4. The standard InChI is InChI=1S/C22H29N5O4/c1-4-25(5-2)20(28)16-26(19-11-13-23-14-12-19)22(31)27(24(3)17-21(29)30)15-18-9-7-6-8-10-18/h6-14H,4-5,15-17H2,1-3H3,(H,29,30). The Morgan fingerprint density at radius 3 is 2.10 bits per heavy atom. The summed E-state index contributed by atoms with van der Waals surface area (Å²) in [5, 5.41) is 11.9. The summed E-state index contributed by atoms with van der Waals surface area (Å²) < 4.78 is 0. The molecule has 0 saturated carbocycles. The summed E-state index contributed by atoms with van der Waals surface area (Å²) in [7, 11) is 1.53. The van der Waals surface area contributed by atoms with Crippen LogP contribution >= 0.6 is 0 Å². The van der Waals surface area contributed by atoms with Gasteiger partial charge < -0.3 is 10.0 Å². The van der Waals surface area contributed by atoms with Gasteiger partial charge in [-0.2, -0.15) is 0 Å². The van der Waals surface area contributed by atoms with Crippen LogP contribution < -0.4 is 4.90 Å². The molecule has 2 aromatic rings. The summed E-state index contributed by atoms with van der Waals surface area (Å²) in [6.07, 6.45) is 3.08. The Bertz CT molecular complexity index is 859. The first kappa shape index (κ1) is 23.8. The Balaban J connectivity index is 2.39. The average Bonchev–Trinajstić information content (AvgIpc) is 2.77. The van der Waals surface area contributed by atoms with Gasteiger partial charge in [-0.25, -0.2) is 9.80 Å². The number of hydrazine groups is 1. The lowest BCUT2D eigenvalue weighted by Crippen LogP contribution is -2.54. The van der Waals surface area contributed by atoms with E-state index in [0.29, 0.717) is 18.8 Å². The molecule has 0 radical (unpaired) electrons. The normalized spacial score (nSPS) is 10.6. The largest absolute Gasteiger partial charge is 0.480 e. The van der Waals surface area contributed by atoms with Crippen molar-refractivity contribution in [2.45, 2.75) is 20.4 Å². The smallest absolute Gasteiger partial charge is 0.339 e. The molecule has 0 bridgehead atoms. The molecule has 0 aliphatic carbocycles. The van der Waals surface area contributed by atoms with Crippen LogP contribution in [0.2, 0.25) is 0 Å². The third-order valence-corrected chi connectivity index (χ3v) is 4.79. The van der Waals surface area contributed by atoms with Gasteiger partial charge in [0.25, 0.3) is 0 Å². The van der Waals surface area contributed by atoms with E-state index < -0.39 is 12.0 Å². The van der Waals surface area contributed by atoms with Crippen molar-refractivity contribution in [3.63, 3.8) is 0 Å². The van der Waals surface area contributed by atoms with Crippen molar-refractivity contribution < 1.29 is 19.5 Å². The number of pyridine rings is 1. The predicted molar refractivity (Wildman–Crippen MR) is 117 cm³/mol. The van der Waals surface area contributed by atoms with Gasteiger partial charge in [-0.3, -0.25) is 24.5 Å². The zero-order valence-electron chi connectivity index (χ0n) is 18.1. The molecule has 0 unspecified atom stereocenters. The van der Waals surface area contributed by atoms with Gasteiger partial charge in [0.15, 0.2) is 0 Å². The van der Waals surface area contributed by atoms with E-state index in [2.05, 4.69) is 4.98 Å². The number of aliphatic carboxylic acids is 1. The van der Waals surface area contributed by atoms with Crippen molar-refractivity contribution in [2.24, 2.45) is 0 Å². The first-order valence-electron chi connectivity index (χ1n) is 10.1. The number of hydrogen-bond donors (Lipinski definition) is 1. The van der Waals surface area contributed by atoms with Crippen molar-refractivity contribution in [3.05, 3.63) is 60.4 Å². The van der Waals surface area contributed by atoms with Crippen LogP contribution in [-0.4, -0.2) is 76.1 Å². The van der Waals surface area contributed by atoms with Gasteiger partial charge in [-0.05, 0) is 31.5 Å². The van der Waals surface area contributed by atoms with Crippen LogP contribution in [-0.2, 0) is 16.1 Å². The topological polar surface area (TPSA) is 97.3 Å². The lowest BCUT2D eigenvalue weighted by molar-refractivity contribution is -0.141. The highest BCUT2D eigenvalue weighted by molar-refractivity contribution is 5.97. The van der Waals surface area contributed by atoms with Gasteiger partial charge in [-0.15, -0.1) is 0 Å². The number of nitrogens with zero attached hydrogens (tertiary/aromatic N) is 5. The summed E-state index contributed by atoms with van der Waals surface area (Å²) in [5.41, 5.74) is 1.33. The highest BCUT2D eigenvalue weighted by Gasteiger charge is 2.29. The number of anilines is 1. The van der Waals surface area contributed by atoms with Crippen LogP contribution in [0.1, 0.15) is 19.4 Å². The number of carbonyl (C=O) groups excluding carboxylic acids is 2. The van der Waals surface area contributed by atoms with Gasteiger partial charge >= 0.3 is 12.0 Å². The Labute approximate surface area is 182 Å². The molecule has 2 rings (SSSR count). The molecule has 0 fully saturated rings. The molecule has 0 atom stereocenters.